The number of ether oxygens (including phenoxy) is 6. The minimum atomic E-state index is -0.416. The van der Waals surface area contributed by atoms with Crippen molar-refractivity contribution >= 4 is 23.3 Å². The molecule has 2 heterocycles. The second kappa shape index (κ2) is 9.37. The van der Waals surface area contributed by atoms with Gasteiger partial charge in [-0.15, -0.1) is 0 Å². The first-order valence-electron chi connectivity index (χ1n) is 11.3. The van der Waals surface area contributed by atoms with Gasteiger partial charge in [-0.05, 0) is 24.3 Å². The van der Waals surface area contributed by atoms with Gasteiger partial charge in [-0.3, -0.25) is 0 Å². The number of carbonyl (C=O) groups is 2. The van der Waals surface area contributed by atoms with Crippen LogP contribution in [0.5, 0.6) is 23.0 Å². The van der Waals surface area contributed by atoms with Crippen LogP contribution in [0.1, 0.15) is 12.8 Å². The van der Waals surface area contributed by atoms with Gasteiger partial charge in [-0.25, -0.2) is 9.59 Å². The highest BCUT2D eigenvalue weighted by Gasteiger charge is 2.41. The van der Waals surface area contributed by atoms with Crippen molar-refractivity contribution in [1.29, 1.82) is 0 Å². The fourth-order valence-electron chi connectivity index (χ4n) is 4.67. The molecule has 2 aromatic rings. The van der Waals surface area contributed by atoms with Gasteiger partial charge in [0.25, 0.3) is 0 Å². The first-order chi connectivity index (χ1) is 17.5. The molecule has 10 heteroatoms. The molecular formula is C26H26N2O8. The number of esters is 2. The number of hydrogen-bond donors (Lipinski definition) is 0. The van der Waals surface area contributed by atoms with E-state index in [1.165, 1.54) is 0 Å². The number of allylic oxidation sites excluding steroid dienone is 2. The maximum atomic E-state index is 12.9. The molecule has 2 aromatic carbocycles. The summed E-state index contributed by atoms with van der Waals surface area (Å²) in [5.74, 6) is 1.53. The van der Waals surface area contributed by atoms with Crippen LogP contribution in [0, 0.1) is 0 Å². The number of anilines is 2. The van der Waals surface area contributed by atoms with Crippen LogP contribution in [0.25, 0.3) is 0 Å². The molecule has 0 bridgehead atoms. The molecule has 0 amide bonds. The summed E-state index contributed by atoms with van der Waals surface area (Å²) in [7, 11) is 6.27. The van der Waals surface area contributed by atoms with E-state index in [4.69, 9.17) is 28.4 Å². The van der Waals surface area contributed by atoms with Crippen molar-refractivity contribution in [3.63, 3.8) is 0 Å². The second-order valence-electron chi connectivity index (χ2n) is 8.26. The molecule has 5 rings (SSSR count). The molecular weight excluding hydrogens is 468 g/mol. The highest BCUT2D eigenvalue weighted by atomic mass is 16.6. The lowest BCUT2D eigenvalue weighted by Gasteiger charge is -2.41. The molecule has 0 spiro atoms. The van der Waals surface area contributed by atoms with Gasteiger partial charge in [-0.1, -0.05) is 0 Å². The lowest BCUT2D eigenvalue weighted by atomic mass is 9.89. The summed E-state index contributed by atoms with van der Waals surface area (Å²) in [6.07, 6.45) is 0.394. The third kappa shape index (κ3) is 3.84. The predicted octanol–water partition coefficient (Wildman–Crippen LogP) is 3.36. The van der Waals surface area contributed by atoms with Crippen LogP contribution < -0.4 is 28.7 Å². The Hall–Kier alpha value is -4.34. The molecule has 0 unspecified atom stereocenters. The van der Waals surface area contributed by atoms with Crippen molar-refractivity contribution in [2.24, 2.45) is 0 Å². The lowest BCUT2D eigenvalue weighted by molar-refractivity contribution is -0.142. The molecule has 0 radical (unpaired) electrons. The maximum absolute atomic E-state index is 12.9. The third-order valence-electron chi connectivity index (χ3n) is 6.53. The summed E-state index contributed by atoms with van der Waals surface area (Å²) in [4.78, 5) is 29.5. The fourth-order valence-corrected chi connectivity index (χ4v) is 4.67. The Kier molecular flexibility index (Phi) is 6.09. The Morgan fingerprint density at radius 1 is 0.639 bits per heavy atom. The molecule has 3 aliphatic rings. The van der Waals surface area contributed by atoms with E-state index in [2.05, 4.69) is 0 Å². The SMILES string of the molecule is COc1ccc(N2COC(=O)C3=C2CC2=C(C3)N(c3ccc(OC)cc3OC)COC2=O)c(OC)c1. The van der Waals surface area contributed by atoms with E-state index in [0.717, 1.165) is 0 Å². The van der Waals surface area contributed by atoms with Crippen molar-refractivity contribution in [2.75, 3.05) is 51.7 Å². The number of cyclic esters (lactones) is 2. The molecule has 188 valence electrons. The van der Waals surface area contributed by atoms with Gasteiger partial charge in [0.2, 0.25) is 0 Å². The quantitative estimate of drug-likeness (QED) is 0.556. The smallest absolute Gasteiger partial charge is 0.337 e. The van der Waals surface area contributed by atoms with Crippen LogP contribution in [0.2, 0.25) is 0 Å². The van der Waals surface area contributed by atoms with E-state index in [-0.39, 0.29) is 26.3 Å². The van der Waals surface area contributed by atoms with Gasteiger partial charge in [0.1, 0.15) is 23.0 Å². The van der Waals surface area contributed by atoms with Crippen molar-refractivity contribution < 1.29 is 38.0 Å². The Balaban J connectivity index is 1.56. The molecule has 1 aliphatic carbocycles. The van der Waals surface area contributed by atoms with E-state index in [9.17, 15) is 9.59 Å². The summed E-state index contributed by atoms with van der Waals surface area (Å²) in [6, 6.07) is 10.8. The number of methoxy groups -OCH3 is 4. The van der Waals surface area contributed by atoms with Gasteiger partial charge < -0.3 is 38.2 Å². The first-order valence-corrected chi connectivity index (χ1v) is 11.3. The summed E-state index contributed by atoms with van der Waals surface area (Å²) < 4.78 is 32.8. The summed E-state index contributed by atoms with van der Waals surface area (Å²) in [6.45, 7) is -0.0118. The topological polar surface area (TPSA) is 96.0 Å². The molecule has 0 N–H and O–H groups in total. The zero-order valence-electron chi connectivity index (χ0n) is 20.5. The van der Waals surface area contributed by atoms with E-state index < -0.39 is 11.9 Å². The van der Waals surface area contributed by atoms with Crippen molar-refractivity contribution in [3.05, 3.63) is 58.9 Å². The Morgan fingerprint density at radius 3 is 1.42 bits per heavy atom. The normalized spacial score (nSPS) is 17.2. The zero-order valence-corrected chi connectivity index (χ0v) is 20.5. The minimum Gasteiger partial charge on any atom is -0.497 e. The number of benzene rings is 2. The Labute approximate surface area is 208 Å². The zero-order chi connectivity index (χ0) is 25.4. The van der Waals surface area contributed by atoms with Crippen LogP contribution >= 0.6 is 0 Å². The van der Waals surface area contributed by atoms with Gasteiger partial charge in [0, 0.05) is 36.4 Å². The van der Waals surface area contributed by atoms with Crippen LogP contribution in [-0.4, -0.2) is 53.8 Å². The van der Waals surface area contributed by atoms with E-state index >= 15 is 0 Å². The van der Waals surface area contributed by atoms with E-state index in [1.54, 1.807) is 52.7 Å². The van der Waals surface area contributed by atoms with Crippen LogP contribution in [-0.2, 0) is 19.1 Å². The maximum Gasteiger partial charge on any atom is 0.337 e. The van der Waals surface area contributed by atoms with Gasteiger partial charge in [0.15, 0.2) is 13.5 Å². The van der Waals surface area contributed by atoms with Crippen LogP contribution in [0.4, 0.5) is 11.4 Å². The van der Waals surface area contributed by atoms with Gasteiger partial charge >= 0.3 is 11.9 Å². The molecule has 0 fully saturated rings. The van der Waals surface area contributed by atoms with Crippen LogP contribution in [0.3, 0.4) is 0 Å². The number of carbonyl (C=O) groups excluding carboxylic acids is 2. The Morgan fingerprint density at radius 2 is 1.06 bits per heavy atom. The summed E-state index contributed by atoms with van der Waals surface area (Å²) in [5.41, 5.74) is 3.69. The molecule has 0 saturated carbocycles. The van der Waals surface area contributed by atoms with Crippen molar-refractivity contribution in [3.8, 4) is 23.0 Å². The minimum absolute atomic E-state index is 0.00592. The highest BCUT2D eigenvalue weighted by molar-refractivity contribution is 5.98. The largest absolute Gasteiger partial charge is 0.497 e. The van der Waals surface area contributed by atoms with E-state index in [1.807, 2.05) is 21.9 Å². The summed E-state index contributed by atoms with van der Waals surface area (Å²) >= 11 is 0. The molecule has 10 nitrogen and oxygen atoms in total. The molecule has 2 aliphatic heterocycles. The fraction of sp³-hybridized carbons (Fsp3) is 0.308. The lowest BCUT2D eigenvalue weighted by Crippen LogP contribution is -2.42. The first kappa shape index (κ1) is 23.4. The van der Waals surface area contributed by atoms with Gasteiger partial charge in [0.05, 0.1) is 51.0 Å². The number of hydrogen-bond acceptors (Lipinski definition) is 10. The van der Waals surface area contributed by atoms with Crippen LogP contribution in [0.15, 0.2) is 58.9 Å². The molecule has 0 saturated heterocycles. The van der Waals surface area contributed by atoms with Gasteiger partial charge in [-0.2, -0.15) is 0 Å². The predicted molar refractivity (Wildman–Crippen MR) is 129 cm³/mol. The molecule has 36 heavy (non-hydrogen) atoms. The molecule has 0 aromatic heterocycles. The van der Waals surface area contributed by atoms with Crippen molar-refractivity contribution in [2.45, 2.75) is 12.8 Å². The van der Waals surface area contributed by atoms with E-state index in [0.29, 0.717) is 56.9 Å². The Bertz CT molecular complexity index is 1200. The standard InChI is InChI=1S/C26H26N2O8/c1-31-15-5-7-19(23(9-15)33-3)27-13-35-25(29)17-12-22-18(11-21(17)27)26(30)36-14-28(22)20-8-6-16(32-2)10-24(20)34-4/h5-10H,11-14H2,1-4H3. The molecule has 0 atom stereocenters. The average molecular weight is 495 g/mol. The monoisotopic (exact) mass is 494 g/mol. The highest BCUT2D eigenvalue weighted by Crippen LogP contribution is 2.45. The second-order valence-corrected chi connectivity index (χ2v) is 8.26. The number of nitrogens with zero attached hydrogens (tertiary/aromatic N) is 2. The third-order valence-corrected chi connectivity index (χ3v) is 6.53. The average Bonchev–Trinajstić information content (AvgIpc) is 2.92. The number of rotatable bonds is 6. The summed E-state index contributed by atoms with van der Waals surface area (Å²) in [5, 5.41) is 0. The van der Waals surface area contributed by atoms with Crippen molar-refractivity contribution in [1.82, 2.24) is 0 Å².